The van der Waals surface area contributed by atoms with Crippen molar-refractivity contribution < 1.29 is 13.2 Å². The molecule has 1 saturated carbocycles. The van der Waals surface area contributed by atoms with Crippen molar-refractivity contribution in [3.05, 3.63) is 64.9 Å². The van der Waals surface area contributed by atoms with Crippen LogP contribution in [-0.2, 0) is 26.0 Å². The standard InChI is InChI=1S/C17H17ClN2O3S/c18-15-8-7-13(11-19-15)12-24(22,23)20-16(21)17(9-4-10-17)14-5-2-1-3-6-14/h1-3,5-8,11H,4,9-10,12H2,(H,20,21). The van der Waals surface area contributed by atoms with Crippen LogP contribution in [0, 0.1) is 0 Å². The number of hydrogen-bond acceptors (Lipinski definition) is 4. The largest absolute Gasteiger partial charge is 0.273 e. The zero-order chi connectivity index (χ0) is 17.2. The molecule has 0 saturated heterocycles. The first-order valence-electron chi connectivity index (χ1n) is 7.62. The second-order valence-corrected chi connectivity index (χ2v) is 8.09. The molecule has 1 heterocycles. The first-order chi connectivity index (χ1) is 11.4. The summed E-state index contributed by atoms with van der Waals surface area (Å²) in [7, 11) is -3.80. The van der Waals surface area contributed by atoms with Gasteiger partial charge in [0.15, 0.2) is 0 Å². The highest BCUT2D eigenvalue weighted by atomic mass is 35.5. The first kappa shape index (κ1) is 16.9. The molecule has 0 unspecified atom stereocenters. The zero-order valence-electron chi connectivity index (χ0n) is 12.9. The van der Waals surface area contributed by atoms with Crippen LogP contribution >= 0.6 is 11.6 Å². The number of amides is 1. The lowest BCUT2D eigenvalue weighted by atomic mass is 9.64. The van der Waals surface area contributed by atoms with Gasteiger partial charge in [-0.05, 0) is 30.0 Å². The van der Waals surface area contributed by atoms with E-state index in [1.807, 2.05) is 30.3 Å². The van der Waals surface area contributed by atoms with Crippen LogP contribution in [0.3, 0.4) is 0 Å². The van der Waals surface area contributed by atoms with Crippen LogP contribution in [0.2, 0.25) is 5.15 Å². The molecule has 24 heavy (non-hydrogen) atoms. The number of carbonyl (C=O) groups excluding carboxylic acids is 1. The Labute approximate surface area is 146 Å². The number of pyridine rings is 1. The minimum atomic E-state index is -3.80. The number of sulfonamides is 1. The van der Waals surface area contributed by atoms with Crippen LogP contribution in [-0.4, -0.2) is 19.3 Å². The zero-order valence-corrected chi connectivity index (χ0v) is 14.5. The molecule has 1 aromatic heterocycles. The van der Waals surface area contributed by atoms with Gasteiger partial charge in [0.2, 0.25) is 15.9 Å². The highest BCUT2D eigenvalue weighted by Crippen LogP contribution is 2.44. The van der Waals surface area contributed by atoms with E-state index >= 15 is 0 Å². The van der Waals surface area contributed by atoms with Gasteiger partial charge < -0.3 is 0 Å². The maximum Gasteiger partial charge on any atom is 0.244 e. The average Bonchev–Trinajstić information content (AvgIpc) is 2.49. The number of aromatic nitrogens is 1. The Balaban J connectivity index is 1.76. The molecule has 2 aromatic rings. The van der Waals surface area contributed by atoms with Gasteiger partial charge in [-0.25, -0.2) is 13.4 Å². The number of rotatable bonds is 5. The quantitative estimate of drug-likeness (QED) is 0.828. The van der Waals surface area contributed by atoms with Crippen molar-refractivity contribution in [1.29, 1.82) is 0 Å². The highest BCUT2D eigenvalue weighted by molar-refractivity contribution is 7.89. The number of nitrogens with zero attached hydrogens (tertiary/aromatic N) is 1. The Kier molecular flexibility index (Phi) is 4.60. The van der Waals surface area contributed by atoms with Gasteiger partial charge in [0, 0.05) is 6.20 Å². The van der Waals surface area contributed by atoms with Crippen molar-refractivity contribution in [3.63, 3.8) is 0 Å². The lowest BCUT2D eigenvalue weighted by Crippen LogP contribution is -2.51. The Hall–Kier alpha value is -1.92. The summed E-state index contributed by atoms with van der Waals surface area (Å²) in [6.07, 6.45) is 3.60. The maximum absolute atomic E-state index is 12.7. The Morgan fingerprint density at radius 3 is 2.42 bits per heavy atom. The highest BCUT2D eigenvalue weighted by Gasteiger charge is 2.46. The second kappa shape index (κ2) is 6.53. The normalized spacial score (nSPS) is 16.2. The predicted octanol–water partition coefficient (Wildman–Crippen LogP) is 2.80. The van der Waals surface area contributed by atoms with E-state index in [0.717, 1.165) is 12.0 Å². The average molecular weight is 365 g/mol. The van der Waals surface area contributed by atoms with E-state index in [9.17, 15) is 13.2 Å². The van der Waals surface area contributed by atoms with E-state index < -0.39 is 21.3 Å². The molecule has 0 radical (unpaired) electrons. The summed E-state index contributed by atoms with van der Waals surface area (Å²) in [6.45, 7) is 0. The molecule has 1 fully saturated rings. The molecule has 7 heteroatoms. The SMILES string of the molecule is O=C(NS(=O)(=O)Cc1ccc(Cl)nc1)C1(c2ccccc2)CCC1. The van der Waals surface area contributed by atoms with E-state index in [1.54, 1.807) is 6.07 Å². The minimum Gasteiger partial charge on any atom is -0.273 e. The molecule has 0 bridgehead atoms. The fraction of sp³-hybridized carbons (Fsp3) is 0.294. The number of hydrogen-bond donors (Lipinski definition) is 1. The topological polar surface area (TPSA) is 76.1 Å². The summed E-state index contributed by atoms with van der Waals surface area (Å²) in [5, 5.41) is 0.290. The van der Waals surface area contributed by atoms with Gasteiger partial charge in [0.1, 0.15) is 5.15 Å². The van der Waals surface area contributed by atoms with Gasteiger partial charge >= 0.3 is 0 Å². The summed E-state index contributed by atoms with van der Waals surface area (Å²) >= 11 is 5.69. The van der Waals surface area contributed by atoms with E-state index in [-0.39, 0.29) is 10.9 Å². The van der Waals surface area contributed by atoms with Crippen LogP contribution in [0.25, 0.3) is 0 Å². The lowest BCUT2D eigenvalue weighted by Gasteiger charge is -2.40. The first-order valence-corrected chi connectivity index (χ1v) is 9.65. The van der Waals surface area contributed by atoms with Gasteiger partial charge in [-0.2, -0.15) is 0 Å². The van der Waals surface area contributed by atoms with E-state index in [0.29, 0.717) is 18.4 Å². The van der Waals surface area contributed by atoms with E-state index in [2.05, 4.69) is 9.71 Å². The summed E-state index contributed by atoms with van der Waals surface area (Å²) in [4.78, 5) is 16.5. The molecule has 1 aliphatic rings. The van der Waals surface area contributed by atoms with Gasteiger partial charge in [-0.15, -0.1) is 0 Å². The molecule has 1 aliphatic carbocycles. The Morgan fingerprint density at radius 1 is 1.17 bits per heavy atom. The summed E-state index contributed by atoms with van der Waals surface area (Å²) in [5.74, 6) is -0.768. The lowest BCUT2D eigenvalue weighted by molar-refractivity contribution is -0.128. The van der Waals surface area contributed by atoms with Gasteiger partial charge in [-0.1, -0.05) is 54.4 Å². The number of nitrogens with one attached hydrogen (secondary N) is 1. The van der Waals surface area contributed by atoms with Gasteiger partial charge in [0.05, 0.1) is 11.2 Å². The third-order valence-electron chi connectivity index (χ3n) is 4.36. The number of halogens is 1. The fourth-order valence-corrected chi connectivity index (χ4v) is 4.19. The molecule has 1 aromatic carbocycles. The third-order valence-corrected chi connectivity index (χ3v) is 5.80. The van der Waals surface area contributed by atoms with Crippen molar-refractivity contribution >= 4 is 27.5 Å². The van der Waals surface area contributed by atoms with Crippen molar-refractivity contribution in [2.45, 2.75) is 30.4 Å². The monoisotopic (exact) mass is 364 g/mol. The molecule has 0 atom stereocenters. The molecule has 126 valence electrons. The summed E-state index contributed by atoms with van der Waals surface area (Å²) in [6, 6.07) is 12.4. The molecule has 3 rings (SSSR count). The van der Waals surface area contributed by atoms with Crippen LogP contribution in [0.1, 0.15) is 30.4 Å². The molecule has 0 aliphatic heterocycles. The van der Waals surface area contributed by atoms with Gasteiger partial charge in [-0.3, -0.25) is 9.52 Å². The summed E-state index contributed by atoms with van der Waals surface area (Å²) in [5.41, 5.74) is 0.589. The maximum atomic E-state index is 12.7. The van der Waals surface area contributed by atoms with Crippen molar-refractivity contribution in [3.8, 4) is 0 Å². The molecule has 0 spiro atoms. The minimum absolute atomic E-state index is 0.290. The van der Waals surface area contributed by atoms with Crippen molar-refractivity contribution in [1.82, 2.24) is 9.71 Å². The Bertz CT molecular complexity index is 832. The molecular formula is C17H17ClN2O3S. The van der Waals surface area contributed by atoms with Crippen LogP contribution in [0.4, 0.5) is 0 Å². The molecular weight excluding hydrogens is 348 g/mol. The smallest absolute Gasteiger partial charge is 0.244 e. The number of carbonyl (C=O) groups is 1. The van der Waals surface area contributed by atoms with Crippen LogP contribution < -0.4 is 4.72 Å². The molecule has 5 nitrogen and oxygen atoms in total. The van der Waals surface area contributed by atoms with Crippen LogP contribution in [0.5, 0.6) is 0 Å². The fourth-order valence-electron chi connectivity index (χ4n) is 2.92. The Morgan fingerprint density at radius 2 is 1.88 bits per heavy atom. The third kappa shape index (κ3) is 3.44. The summed E-state index contributed by atoms with van der Waals surface area (Å²) < 4.78 is 26.9. The predicted molar refractivity (Wildman–Crippen MR) is 92.0 cm³/mol. The van der Waals surface area contributed by atoms with Crippen molar-refractivity contribution in [2.75, 3.05) is 0 Å². The van der Waals surface area contributed by atoms with E-state index in [1.165, 1.54) is 12.3 Å². The number of benzene rings is 1. The second-order valence-electron chi connectivity index (χ2n) is 5.98. The van der Waals surface area contributed by atoms with Crippen molar-refractivity contribution in [2.24, 2.45) is 0 Å². The van der Waals surface area contributed by atoms with E-state index in [4.69, 9.17) is 11.6 Å². The van der Waals surface area contributed by atoms with Gasteiger partial charge in [0.25, 0.3) is 0 Å². The molecule has 1 amide bonds. The molecule has 1 N–H and O–H groups in total. The van der Waals surface area contributed by atoms with Crippen LogP contribution in [0.15, 0.2) is 48.7 Å².